The lowest BCUT2D eigenvalue weighted by atomic mass is 9.91. The number of anilines is 3. The smallest absolute Gasteiger partial charge is 0.252 e. The van der Waals surface area contributed by atoms with Crippen LogP contribution < -0.4 is 22.1 Å². The first-order valence-electron chi connectivity index (χ1n) is 9.80. The van der Waals surface area contributed by atoms with Crippen molar-refractivity contribution in [1.29, 1.82) is 0 Å². The lowest BCUT2D eigenvalue weighted by Crippen LogP contribution is -2.42. The molecule has 29 heavy (non-hydrogen) atoms. The number of amides is 1. The Morgan fingerprint density at radius 3 is 2.59 bits per heavy atom. The van der Waals surface area contributed by atoms with Crippen LogP contribution >= 0.6 is 0 Å². The maximum Gasteiger partial charge on any atom is 0.252 e. The van der Waals surface area contributed by atoms with E-state index in [-0.39, 0.29) is 12.1 Å². The Bertz CT molecular complexity index is 969. The maximum atomic E-state index is 11.9. The molecule has 0 saturated heterocycles. The SMILES string of the molecule is NC(=O)c1ccc(NC2CCCCC2N)nc1Nc1ccc(-n2cccn2)cc1. The predicted molar refractivity (Wildman–Crippen MR) is 113 cm³/mol. The molecule has 8 heteroatoms. The molecule has 1 saturated carbocycles. The standard InChI is InChI=1S/C21H25N7O/c22-17-4-1-2-5-18(17)26-19-11-10-16(20(23)29)21(27-19)25-14-6-8-15(9-7-14)28-13-3-12-24-28/h3,6-13,17-18H,1-2,4-5,22H2,(H2,23,29)(H2,25,26,27). The number of pyridine rings is 1. The molecule has 150 valence electrons. The highest BCUT2D eigenvalue weighted by Gasteiger charge is 2.22. The molecule has 0 bridgehead atoms. The number of primary amides is 1. The van der Waals surface area contributed by atoms with E-state index in [2.05, 4.69) is 20.7 Å². The molecule has 0 aliphatic heterocycles. The number of hydrogen-bond donors (Lipinski definition) is 4. The Hall–Kier alpha value is -3.39. The van der Waals surface area contributed by atoms with Crippen LogP contribution in [0.2, 0.25) is 0 Å². The lowest BCUT2D eigenvalue weighted by Gasteiger charge is -2.29. The Morgan fingerprint density at radius 1 is 1.10 bits per heavy atom. The molecule has 0 radical (unpaired) electrons. The highest BCUT2D eigenvalue weighted by molar-refractivity contribution is 5.98. The molecule has 2 unspecified atom stereocenters. The number of nitrogens with two attached hydrogens (primary N) is 2. The maximum absolute atomic E-state index is 11.9. The molecule has 6 N–H and O–H groups in total. The van der Waals surface area contributed by atoms with Gasteiger partial charge in [0, 0.05) is 30.2 Å². The second kappa shape index (κ2) is 8.32. The zero-order valence-corrected chi connectivity index (χ0v) is 16.1. The third kappa shape index (κ3) is 4.38. The van der Waals surface area contributed by atoms with Crippen molar-refractivity contribution in [3.05, 3.63) is 60.4 Å². The zero-order chi connectivity index (χ0) is 20.2. The molecule has 1 aliphatic rings. The van der Waals surface area contributed by atoms with Gasteiger partial charge in [-0.2, -0.15) is 5.10 Å². The van der Waals surface area contributed by atoms with Crippen LogP contribution in [-0.4, -0.2) is 32.8 Å². The summed E-state index contributed by atoms with van der Waals surface area (Å²) < 4.78 is 1.77. The highest BCUT2D eigenvalue weighted by atomic mass is 16.1. The number of benzene rings is 1. The van der Waals surface area contributed by atoms with Gasteiger partial charge in [0.25, 0.3) is 5.91 Å². The van der Waals surface area contributed by atoms with E-state index >= 15 is 0 Å². The molecule has 8 nitrogen and oxygen atoms in total. The minimum atomic E-state index is -0.533. The lowest BCUT2D eigenvalue weighted by molar-refractivity contribution is 0.100. The van der Waals surface area contributed by atoms with Gasteiger partial charge >= 0.3 is 0 Å². The Balaban J connectivity index is 1.55. The predicted octanol–water partition coefficient (Wildman–Crippen LogP) is 2.79. The fraction of sp³-hybridized carbons (Fsp3) is 0.286. The first kappa shape index (κ1) is 18.9. The third-order valence-electron chi connectivity index (χ3n) is 5.21. The number of aromatic nitrogens is 3. The van der Waals surface area contributed by atoms with Crippen LogP contribution in [0.15, 0.2) is 54.9 Å². The monoisotopic (exact) mass is 391 g/mol. The number of nitrogens with one attached hydrogen (secondary N) is 2. The highest BCUT2D eigenvalue weighted by Crippen LogP contribution is 2.25. The van der Waals surface area contributed by atoms with Gasteiger partial charge in [-0.3, -0.25) is 4.79 Å². The van der Waals surface area contributed by atoms with Crippen LogP contribution in [0.3, 0.4) is 0 Å². The van der Waals surface area contributed by atoms with Crippen molar-refractivity contribution in [3.63, 3.8) is 0 Å². The molecular weight excluding hydrogens is 366 g/mol. The number of carbonyl (C=O) groups is 1. The summed E-state index contributed by atoms with van der Waals surface area (Å²) in [6, 6.07) is 13.3. The van der Waals surface area contributed by atoms with Crippen molar-refractivity contribution in [2.75, 3.05) is 10.6 Å². The topological polar surface area (TPSA) is 124 Å². The molecule has 1 fully saturated rings. The summed E-state index contributed by atoms with van der Waals surface area (Å²) >= 11 is 0. The van der Waals surface area contributed by atoms with Gasteiger partial charge in [-0.05, 0) is 55.3 Å². The van der Waals surface area contributed by atoms with Crippen molar-refractivity contribution in [3.8, 4) is 5.69 Å². The zero-order valence-electron chi connectivity index (χ0n) is 16.1. The molecule has 1 aliphatic carbocycles. The van der Waals surface area contributed by atoms with Gasteiger partial charge in [-0.15, -0.1) is 0 Å². The summed E-state index contributed by atoms with van der Waals surface area (Å²) in [4.78, 5) is 16.5. The second-order valence-corrected chi connectivity index (χ2v) is 7.28. The largest absolute Gasteiger partial charge is 0.366 e. The van der Waals surface area contributed by atoms with E-state index < -0.39 is 5.91 Å². The van der Waals surface area contributed by atoms with E-state index in [1.807, 2.05) is 36.5 Å². The Morgan fingerprint density at radius 2 is 1.90 bits per heavy atom. The first-order valence-corrected chi connectivity index (χ1v) is 9.80. The van der Waals surface area contributed by atoms with Crippen molar-refractivity contribution in [2.24, 2.45) is 11.5 Å². The van der Waals surface area contributed by atoms with Gasteiger partial charge in [0.2, 0.25) is 0 Å². The van der Waals surface area contributed by atoms with E-state index in [4.69, 9.17) is 11.5 Å². The van der Waals surface area contributed by atoms with Gasteiger partial charge in [0.05, 0.1) is 11.3 Å². The molecule has 2 heterocycles. The van der Waals surface area contributed by atoms with E-state index in [9.17, 15) is 4.79 Å². The summed E-state index contributed by atoms with van der Waals surface area (Å²) in [5.74, 6) is 0.556. The third-order valence-corrected chi connectivity index (χ3v) is 5.21. The normalized spacial score (nSPS) is 18.9. The van der Waals surface area contributed by atoms with E-state index in [1.165, 1.54) is 0 Å². The van der Waals surface area contributed by atoms with Crippen molar-refractivity contribution in [2.45, 2.75) is 37.8 Å². The summed E-state index contributed by atoms with van der Waals surface area (Å²) in [5, 5.41) is 10.8. The van der Waals surface area contributed by atoms with Gasteiger partial charge in [-0.25, -0.2) is 9.67 Å². The molecular formula is C21H25N7O. The van der Waals surface area contributed by atoms with Crippen LogP contribution in [0.4, 0.5) is 17.3 Å². The number of nitrogens with zero attached hydrogens (tertiary/aromatic N) is 3. The van der Waals surface area contributed by atoms with E-state index in [0.29, 0.717) is 17.2 Å². The molecule has 1 aromatic carbocycles. The fourth-order valence-corrected chi connectivity index (χ4v) is 3.62. The Kier molecular flexibility index (Phi) is 5.44. The molecule has 1 amide bonds. The van der Waals surface area contributed by atoms with Crippen LogP contribution in [0, 0.1) is 0 Å². The molecule has 2 aromatic heterocycles. The average Bonchev–Trinajstić information content (AvgIpc) is 3.25. The van der Waals surface area contributed by atoms with Crippen molar-refractivity contribution < 1.29 is 4.79 Å². The quantitative estimate of drug-likeness (QED) is 0.512. The Labute approximate surface area is 169 Å². The van der Waals surface area contributed by atoms with E-state index in [0.717, 1.165) is 37.1 Å². The van der Waals surface area contributed by atoms with Gasteiger partial charge in [0.15, 0.2) is 0 Å². The van der Waals surface area contributed by atoms with Gasteiger partial charge < -0.3 is 22.1 Å². The van der Waals surface area contributed by atoms with Gasteiger partial charge in [-0.1, -0.05) is 12.8 Å². The summed E-state index contributed by atoms with van der Waals surface area (Å²) in [6.45, 7) is 0. The minimum Gasteiger partial charge on any atom is -0.366 e. The first-order chi connectivity index (χ1) is 14.1. The average molecular weight is 391 g/mol. The van der Waals surface area contributed by atoms with Crippen molar-refractivity contribution >= 4 is 23.2 Å². The summed E-state index contributed by atoms with van der Waals surface area (Å²) in [5.41, 5.74) is 13.8. The van der Waals surface area contributed by atoms with Crippen LogP contribution in [0.25, 0.3) is 5.69 Å². The van der Waals surface area contributed by atoms with E-state index in [1.54, 1.807) is 23.0 Å². The molecule has 4 rings (SSSR count). The number of hydrogen-bond acceptors (Lipinski definition) is 6. The molecule has 0 spiro atoms. The molecule has 3 aromatic rings. The summed E-state index contributed by atoms with van der Waals surface area (Å²) in [6.07, 6.45) is 7.93. The fourth-order valence-electron chi connectivity index (χ4n) is 3.62. The minimum absolute atomic E-state index is 0.104. The van der Waals surface area contributed by atoms with Crippen LogP contribution in [-0.2, 0) is 0 Å². The van der Waals surface area contributed by atoms with Crippen molar-refractivity contribution in [1.82, 2.24) is 14.8 Å². The second-order valence-electron chi connectivity index (χ2n) is 7.28. The van der Waals surface area contributed by atoms with Crippen LogP contribution in [0.5, 0.6) is 0 Å². The number of rotatable bonds is 6. The van der Waals surface area contributed by atoms with Gasteiger partial charge in [0.1, 0.15) is 11.6 Å². The molecule has 2 atom stereocenters. The summed E-state index contributed by atoms with van der Waals surface area (Å²) in [7, 11) is 0. The number of carbonyl (C=O) groups excluding carboxylic acids is 1. The van der Waals surface area contributed by atoms with Crippen LogP contribution in [0.1, 0.15) is 36.0 Å².